The fourth-order valence-corrected chi connectivity index (χ4v) is 1.68. The van der Waals surface area contributed by atoms with Gasteiger partial charge >= 0.3 is 0 Å². The number of hydrogen-bond donors (Lipinski definition) is 0. The Kier molecular flexibility index (Phi) is 3.15. The van der Waals surface area contributed by atoms with Crippen LogP contribution in [0.15, 0.2) is 22.7 Å². The zero-order valence-electron chi connectivity index (χ0n) is 7.76. The molecule has 66 valence electrons. The van der Waals surface area contributed by atoms with Crippen LogP contribution in [-0.2, 0) is 6.42 Å². The van der Waals surface area contributed by atoms with E-state index in [0.29, 0.717) is 0 Å². The summed E-state index contributed by atoms with van der Waals surface area (Å²) in [5.41, 5.74) is 2.69. The molecule has 0 spiro atoms. The zero-order valence-corrected chi connectivity index (χ0v) is 9.35. The minimum atomic E-state index is 1.08. The number of nitrogens with zero attached hydrogens (tertiary/aromatic N) is 1. The lowest BCUT2D eigenvalue weighted by Gasteiger charge is -2.16. The number of hydrogen-bond acceptors (Lipinski definition) is 1. The molecule has 0 saturated heterocycles. The summed E-state index contributed by atoms with van der Waals surface area (Å²) in [6.07, 6.45) is 1.08. The van der Waals surface area contributed by atoms with Crippen LogP contribution in [0.4, 0.5) is 5.69 Å². The van der Waals surface area contributed by atoms with Crippen molar-refractivity contribution in [1.29, 1.82) is 0 Å². The van der Waals surface area contributed by atoms with E-state index in [4.69, 9.17) is 0 Å². The Morgan fingerprint density at radius 3 is 2.50 bits per heavy atom. The highest BCUT2D eigenvalue weighted by Crippen LogP contribution is 2.23. The maximum atomic E-state index is 3.47. The summed E-state index contributed by atoms with van der Waals surface area (Å²) in [6.45, 7) is 2.18. The summed E-state index contributed by atoms with van der Waals surface area (Å²) in [6, 6.07) is 6.40. The third-order valence-corrected chi connectivity index (χ3v) is 2.40. The summed E-state index contributed by atoms with van der Waals surface area (Å²) < 4.78 is 1.16. The van der Waals surface area contributed by atoms with E-state index in [9.17, 15) is 0 Å². The number of halogens is 1. The van der Waals surface area contributed by atoms with Gasteiger partial charge in [-0.3, -0.25) is 0 Å². The van der Waals surface area contributed by atoms with E-state index in [0.717, 1.165) is 10.9 Å². The smallest absolute Gasteiger partial charge is 0.0394 e. The summed E-state index contributed by atoms with van der Waals surface area (Å²) in [5.74, 6) is 0. The van der Waals surface area contributed by atoms with E-state index in [1.54, 1.807) is 0 Å². The minimum absolute atomic E-state index is 1.08. The van der Waals surface area contributed by atoms with Gasteiger partial charge in [-0.05, 0) is 30.2 Å². The van der Waals surface area contributed by atoms with Gasteiger partial charge in [0.05, 0.1) is 0 Å². The molecule has 12 heavy (non-hydrogen) atoms. The normalized spacial score (nSPS) is 10.0. The molecule has 0 fully saturated rings. The first-order valence-corrected chi connectivity index (χ1v) is 4.90. The van der Waals surface area contributed by atoms with Gasteiger partial charge in [0.15, 0.2) is 0 Å². The highest BCUT2D eigenvalue weighted by atomic mass is 79.9. The third-order valence-electron chi connectivity index (χ3n) is 1.90. The van der Waals surface area contributed by atoms with Gasteiger partial charge in [-0.15, -0.1) is 0 Å². The standard InChI is InChI=1S/C10H14BrN/c1-4-8-7-9(11)5-6-10(8)12(2)3/h5-7H,4H2,1-3H3. The molecule has 0 N–H and O–H groups in total. The average Bonchev–Trinajstić information content (AvgIpc) is 2.03. The Hall–Kier alpha value is -0.500. The summed E-state index contributed by atoms with van der Waals surface area (Å²) in [5, 5.41) is 0. The molecule has 1 aromatic carbocycles. The topological polar surface area (TPSA) is 3.24 Å². The van der Waals surface area contributed by atoms with Crippen LogP contribution in [0.25, 0.3) is 0 Å². The molecule has 2 heteroatoms. The number of rotatable bonds is 2. The summed E-state index contributed by atoms with van der Waals surface area (Å²) in [4.78, 5) is 2.14. The van der Waals surface area contributed by atoms with Gasteiger partial charge in [-0.1, -0.05) is 22.9 Å². The second-order valence-electron chi connectivity index (χ2n) is 3.02. The maximum absolute atomic E-state index is 3.47. The predicted molar refractivity (Wildman–Crippen MR) is 57.8 cm³/mol. The van der Waals surface area contributed by atoms with Gasteiger partial charge in [-0.25, -0.2) is 0 Å². The first kappa shape index (κ1) is 9.59. The number of anilines is 1. The molecule has 0 aliphatic carbocycles. The van der Waals surface area contributed by atoms with E-state index in [2.05, 4.69) is 60.0 Å². The molecular formula is C10H14BrN. The Morgan fingerprint density at radius 2 is 2.00 bits per heavy atom. The molecular weight excluding hydrogens is 214 g/mol. The molecule has 0 atom stereocenters. The van der Waals surface area contributed by atoms with Crippen molar-refractivity contribution in [2.75, 3.05) is 19.0 Å². The Morgan fingerprint density at radius 1 is 1.33 bits per heavy atom. The largest absolute Gasteiger partial charge is 0.377 e. The van der Waals surface area contributed by atoms with Crippen LogP contribution in [0, 0.1) is 0 Å². The van der Waals surface area contributed by atoms with Gasteiger partial charge in [0.1, 0.15) is 0 Å². The van der Waals surface area contributed by atoms with Gasteiger partial charge in [0.25, 0.3) is 0 Å². The molecule has 0 unspecified atom stereocenters. The van der Waals surface area contributed by atoms with Crippen LogP contribution in [0.5, 0.6) is 0 Å². The first-order chi connectivity index (χ1) is 5.65. The lowest BCUT2D eigenvalue weighted by molar-refractivity contribution is 1.06. The van der Waals surface area contributed by atoms with Crippen LogP contribution in [0.3, 0.4) is 0 Å². The minimum Gasteiger partial charge on any atom is -0.377 e. The van der Waals surface area contributed by atoms with Crippen LogP contribution in [-0.4, -0.2) is 14.1 Å². The molecule has 0 saturated carbocycles. The second kappa shape index (κ2) is 3.94. The van der Waals surface area contributed by atoms with Crippen molar-refractivity contribution in [2.24, 2.45) is 0 Å². The van der Waals surface area contributed by atoms with Crippen molar-refractivity contribution in [3.8, 4) is 0 Å². The molecule has 0 amide bonds. The van der Waals surface area contributed by atoms with E-state index < -0.39 is 0 Å². The molecule has 1 aromatic rings. The molecule has 0 aliphatic heterocycles. The van der Waals surface area contributed by atoms with E-state index in [1.807, 2.05) is 0 Å². The van der Waals surface area contributed by atoms with Gasteiger partial charge in [0.2, 0.25) is 0 Å². The van der Waals surface area contributed by atoms with Crippen molar-refractivity contribution < 1.29 is 0 Å². The van der Waals surface area contributed by atoms with E-state index in [-0.39, 0.29) is 0 Å². The molecule has 1 rings (SSSR count). The van der Waals surface area contributed by atoms with Crippen LogP contribution < -0.4 is 4.90 Å². The monoisotopic (exact) mass is 227 g/mol. The molecule has 0 aromatic heterocycles. The molecule has 0 heterocycles. The Labute approximate surface area is 82.5 Å². The highest BCUT2D eigenvalue weighted by molar-refractivity contribution is 9.10. The molecule has 0 bridgehead atoms. The SMILES string of the molecule is CCc1cc(Br)ccc1N(C)C. The molecule has 1 nitrogen and oxygen atoms in total. The van der Waals surface area contributed by atoms with E-state index in [1.165, 1.54) is 11.3 Å². The van der Waals surface area contributed by atoms with Gasteiger partial charge < -0.3 is 4.90 Å². The zero-order chi connectivity index (χ0) is 9.14. The maximum Gasteiger partial charge on any atom is 0.0394 e. The fourth-order valence-electron chi connectivity index (χ4n) is 1.27. The lowest BCUT2D eigenvalue weighted by Crippen LogP contribution is -2.10. The second-order valence-corrected chi connectivity index (χ2v) is 3.94. The Balaban J connectivity index is 3.11. The van der Waals surface area contributed by atoms with Crippen LogP contribution >= 0.6 is 15.9 Å². The molecule has 0 aliphatic rings. The van der Waals surface area contributed by atoms with Crippen molar-refractivity contribution in [3.05, 3.63) is 28.2 Å². The van der Waals surface area contributed by atoms with Crippen molar-refractivity contribution >= 4 is 21.6 Å². The third kappa shape index (κ3) is 2.01. The fraction of sp³-hybridized carbons (Fsp3) is 0.400. The van der Waals surface area contributed by atoms with Gasteiger partial charge in [-0.2, -0.15) is 0 Å². The van der Waals surface area contributed by atoms with Crippen molar-refractivity contribution in [2.45, 2.75) is 13.3 Å². The summed E-state index contributed by atoms with van der Waals surface area (Å²) >= 11 is 3.47. The van der Waals surface area contributed by atoms with E-state index >= 15 is 0 Å². The average molecular weight is 228 g/mol. The summed E-state index contributed by atoms with van der Waals surface area (Å²) in [7, 11) is 4.14. The molecule has 0 radical (unpaired) electrons. The van der Waals surface area contributed by atoms with Gasteiger partial charge in [0, 0.05) is 24.3 Å². The quantitative estimate of drug-likeness (QED) is 0.751. The van der Waals surface area contributed by atoms with Crippen LogP contribution in [0.2, 0.25) is 0 Å². The first-order valence-electron chi connectivity index (χ1n) is 4.11. The Bertz CT molecular complexity index is 269. The number of benzene rings is 1. The van der Waals surface area contributed by atoms with Crippen molar-refractivity contribution in [1.82, 2.24) is 0 Å². The number of aryl methyl sites for hydroxylation is 1. The van der Waals surface area contributed by atoms with Crippen LogP contribution in [0.1, 0.15) is 12.5 Å². The predicted octanol–water partition coefficient (Wildman–Crippen LogP) is 3.08. The highest BCUT2D eigenvalue weighted by Gasteiger charge is 2.02. The van der Waals surface area contributed by atoms with Crippen molar-refractivity contribution in [3.63, 3.8) is 0 Å². The lowest BCUT2D eigenvalue weighted by atomic mass is 10.1.